The molecule has 0 N–H and O–H groups in total. The predicted molar refractivity (Wildman–Crippen MR) is 70.4 cm³/mol. The molecular formula is C12H10N2O4S. The molecule has 0 aliphatic rings. The number of hydrogen-bond donors (Lipinski definition) is 1. The Morgan fingerprint density at radius 3 is 2.53 bits per heavy atom. The van der Waals surface area contributed by atoms with Gasteiger partial charge in [0.05, 0.1) is 4.92 Å². The van der Waals surface area contributed by atoms with Crippen LogP contribution in [0.2, 0.25) is 0 Å². The van der Waals surface area contributed by atoms with Gasteiger partial charge >= 0.3 is 6.09 Å². The summed E-state index contributed by atoms with van der Waals surface area (Å²) in [7, 11) is 0. The number of non-ortho nitro benzene ring substituents is 1. The van der Waals surface area contributed by atoms with Crippen molar-refractivity contribution in [1.82, 2.24) is 4.57 Å². The lowest BCUT2D eigenvalue weighted by molar-refractivity contribution is -0.384. The first-order valence-corrected chi connectivity index (χ1v) is 5.78. The minimum atomic E-state index is -0.529. The van der Waals surface area contributed by atoms with E-state index in [9.17, 15) is 14.9 Å². The zero-order valence-electron chi connectivity index (χ0n) is 9.72. The summed E-state index contributed by atoms with van der Waals surface area (Å²) in [5, 5.41) is 10.5. The van der Waals surface area contributed by atoms with Crippen LogP contribution in [0.25, 0.3) is 0 Å². The zero-order chi connectivity index (χ0) is 13.8. The Morgan fingerprint density at radius 2 is 2.00 bits per heavy atom. The van der Waals surface area contributed by atoms with E-state index in [0.29, 0.717) is 10.5 Å². The van der Waals surface area contributed by atoms with Crippen molar-refractivity contribution in [3.8, 4) is 0 Å². The number of nitrogens with zero attached hydrogens (tertiary/aromatic N) is 2. The summed E-state index contributed by atoms with van der Waals surface area (Å²) < 4.78 is 6.32. The minimum absolute atomic E-state index is 0.000187. The topological polar surface area (TPSA) is 74.4 Å². The number of ether oxygens (including phenoxy) is 1. The number of carbonyl (C=O) groups is 1. The first kappa shape index (κ1) is 13.2. The molecule has 1 aromatic carbocycles. The van der Waals surface area contributed by atoms with Crippen LogP contribution in [0, 0.1) is 10.1 Å². The highest BCUT2D eigenvalue weighted by atomic mass is 32.1. The maximum atomic E-state index is 11.6. The molecule has 0 aliphatic carbocycles. The molecule has 2 rings (SSSR count). The van der Waals surface area contributed by atoms with Crippen molar-refractivity contribution in [3.05, 3.63) is 58.4 Å². The van der Waals surface area contributed by atoms with E-state index in [1.165, 1.54) is 22.9 Å². The lowest BCUT2D eigenvalue weighted by Crippen LogP contribution is -2.11. The van der Waals surface area contributed by atoms with Crippen LogP contribution >= 0.6 is 12.6 Å². The first-order chi connectivity index (χ1) is 9.06. The van der Waals surface area contributed by atoms with Crippen molar-refractivity contribution in [2.75, 3.05) is 0 Å². The average Bonchev–Trinajstić information content (AvgIpc) is 2.83. The Kier molecular flexibility index (Phi) is 3.86. The molecule has 0 spiro atoms. The molecule has 0 radical (unpaired) electrons. The number of hydrogen-bond acceptors (Lipinski definition) is 5. The fourth-order valence-electron chi connectivity index (χ4n) is 1.43. The molecule has 0 amide bonds. The summed E-state index contributed by atoms with van der Waals surface area (Å²) in [4.78, 5) is 22.3. The van der Waals surface area contributed by atoms with Crippen LogP contribution in [-0.2, 0) is 11.3 Å². The summed E-state index contributed by atoms with van der Waals surface area (Å²) in [5.74, 6) is 0. The van der Waals surface area contributed by atoms with E-state index in [4.69, 9.17) is 4.74 Å². The Hall–Kier alpha value is -2.28. The molecule has 1 heterocycles. The normalized spacial score (nSPS) is 10.2. The number of rotatable bonds is 3. The quantitative estimate of drug-likeness (QED) is 0.532. The van der Waals surface area contributed by atoms with Crippen molar-refractivity contribution >= 4 is 24.4 Å². The molecule has 7 heteroatoms. The Labute approximate surface area is 114 Å². The third-order valence-electron chi connectivity index (χ3n) is 2.40. The highest BCUT2D eigenvalue weighted by molar-refractivity contribution is 7.80. The average molecular weight is 278 g/mol. The van der Waals surface area contributed by atoms with Crippen LogP contribution < -0.4 is 0 Å². The van der Waals surface area contributed by atoms with E-state index in [0.717, 1.165) is 0 Å². The Bertz CT molecular complexity index is 606. The van der Waals surface area contributed by atoms with Gasteiger partial charge in [-0.3, -0.25) is 14.7 Å². The van der Waals surface area contributed by atoms with Gasteiger partial charge in [-0.05, 0) is 23.8 Å². The summed E-state index contributed by atoms with van der Waals surface area (Å²) in [6, 6.07) is 7.49. The van der Waals surface area contributed by atoms with Crippen molar-refractivity contribution in [1.29, 1.82) is 0 Å². The standard InChI is InChI=1S/C12H10N2O4S/c15-12(13-6-5-11(19)7-13)18-8-9-1-3-10(4-2-9)14(16)17/h1-7,19H,8H2. The maximum absolute atomic E-state index is 11.6. The van der Waals surface area contributed by atoms with Gasteiger partial charge in [0.15, 0.2) is 0 Å². The second kappa shape index (κ2) is 5.57. The minimum Gasteiger partial charge on any atom is -0.444 e. The van der Waals surface area contributed by atoms with Gasteiger partial charge in [-0.2, -0.15) is 0 Å². The van der Waals surface area contributed by atoms with Crippen LogP contribution in [0.5, 0.6) is 0 Å². The van der Waals surface area contributed by atoms with Crippen molar-refractivity contribution in [2.45, 2.75) is 11.5 Å². The van der Waals surface area contributed by atoms with E-state index < -0.39 is 11.0 Å². The molecule has 2 aromatic rings. The van der Waals surface area contributed by atoms with Crippen LogP contribution in [0.3, 0.4) is 0 Å². The van der Waals surface area contributed by atoms with Crippen LogP contribution in [0.4, 0.5) is 10.5 Å². The van der Waals surface area contributed by atoms with Gasteiger partial charge in [0.25, 0.3) is 5.69 Å². The molecule has 0 saturated carbocycles. The fraction of sp³-hybridized carbons (Fsp3) is 0.0833. The third kappa shape index (κ3) is 3.35. The molecule has 0 fully saturated rings. The highest BCUT2D eigenvalue weighted by Crippen LogP contribution is 2.13. The molecule has 0 aliphatic heterocycles. The van der Waals surface area contributed by atoms with Crippen molar-refractivity contribution in [2.24, 2.45) is 0 Å². The summed E-state index contributed by atoms with van der Waals surface area (Å²) in [5.41, 5.74) is 0.678. The van der Waals surface area contributed by atoms with Gasteiger partial charge in [0.2, 0.25) is 0 Å². The summed E-state index contributed by atoms with van der Waals surface area (Å²) in [6.45, 7) is 0.0525. The van der Waals surface area contributed by atoms with Gasteiger partial charge in [-0.15, -0.1) is 12.6 Å². The van der Waals surface area contributed by atoms with E-state index in [2.05, 4.69) is 12.6 Å². The van der Waals surface area contributed by atoms with Gasteiger partial charge in [0, 0.05) is 29.4 Å². The number of thiol groups is 1. The van der Waals surface area contributed by atoms with Crippen LogP contribution in [0.15, 0.2) is 47.6 Å². The summed E-state index contributed by atoms with van der Waals surface area (Å²) >= 11 is 4.08. The van der Waals surface area contributed by atoms with Gasteiger partial charge < -0.3 is 4.74 Å². The molecule has 98 valence electrons. The lowest BCUT2D eigenvalue weighted by Gasteiger charge is -2.04. The monoisotopic (exact) mass is 278 g/mol. The molecular weight excluding hydrogens is 268 g/mol. The molecule has 0 unspecified atom stereocenters. The number of carbonyl (C=O) groups excluding carboxylic acids is 1. The number of nitro groups is 1. The first-order valence-electron chi connectivity index (χ1n) is 5.33. The smallest absolute Gasteiger partial charge is 0.418 e. The Balaban J connectivity index is 1.95. The van der Waals surface area contributed by atoms with Crippen LogP contribution in [0.1, 0.15) is 5.56 Å². The highest BCUT2D eigenvalue weighted by Gasteiger charge is 2.08. The van der Waals surface area contributed by atoms with Crippen molar-refractivity contribution < 1.29 is 14.5 Å². The van der Waals surface area contributed by atoms with Gasteiger partial charge in [-0.25, -0.2) is 4.79 Å². The number of benzene rings is 1. The van der Waals surface area contributed by atoms with E-state index in [1.807, 2.05) is 0 Å². The van der Waals surface area contributed by atoms with Crippen LogP contribution in [-0.4, -0.2) is 15.6 Å². The van der Waals surface area contributed by atoms with E-state index >= 15 is 0 Å². The largest absolute Gasteiger partial charge is 0.444 e. The van der Waals surface area contributed by atoms with E-state index in [-0.39, 0.29) is 12.3 Å². The molecule has 0 atom stereocenters. The molecule has 0 bridgehead atoms. The fourth-order valence-corrected chi connectivity index (χ4v) is 1.62. The number of nitro benzene ring substituents is 1. The summed E-state index contributed by atoms with van der Waals surface area (Å²) in [6.07, 6.45) is 2.54. The molecule has 1 aromatic heterocycles. The Morgan fingerprint density at radius 1 is 1.32 bits per heavy atom. The molecule has 0 saturated heterocycles. The maximum Gasteiger partial charge on any atom is 0.418 e. The predicted octanol–water partition coefficient (Wildman–Crippen LogP) is 2.87. The van der Waals surface area contributed by atoms with E-state index in [1.54, 1.807) is 24.4 Å². The lowest BCUT2D eigenvalue weighted by atomic mass is 10.2. The van der Waals surface area contributed by atoms with Crippen molar-refractivity contribution in [3.63, 3.8) is 0 Å². The molecule has 19 heavy (non-hydrogen) atoms. The van der Waals surface area contributed by atoms with Gasteiger partial charge in [0.1, 0.15) is 6.61 Å². The second-order valence-corrected chi connectivity index (χ2v) is 4.27. The zero-order valence-corrected chi connectivity index (χ0v) is 10.6. The second-order valence-electron chi connectivity index (χ2n) is 3.76. The van der Waals surface area contributed by atoms with Gasteiger partial charge in [-0.1, -0.05) is 0 Å². The SMILES string of the molecule is O=C(OCc1ccc([N+](=O)[O-])cc1)n1ccc(S)c1. The molecule has 6 nitrogen and oxygen atoms in total. The number of aromatic nitrogens is 1. The third-order valence-corrected chi connectivity index (χ3v) is 2.66.